The van der Waals surface area contributed by atoms with E-state index in [0.29, 0.717) is 0 Å². The summed E-state index contributed by atoms with van der Waals surface area (Å²) in [6.07, 6.45) is 3.91. The molecule has 0 aliphatic rings. The van der Waals surface area contributed by atoms with Crippen LogP contribution in [0.2, 0.25) is 0 Å². The van der Waals surface area contributed by atoms with Gasteiger partial charge in [-0.25, -0.2) is 5.01 Å². The van der Waals surface area contributed by atoms with E-state index in [4.69, 9.17) is 4.98 Å². The van der Waals surface area contributed by atoms with Gasteiger partial charge in [0.1, 0.15) is 0 Å². The van der Waals surface area contributed by atoms with Crippen molar-refractivity contribution in [1.29, 1.82) is 0 Å². The third kappa shape index (κ3) is 3.93. The summed E-state index contributed by atoms with van der Waals surface area (Å²) in [5.74, 6) is 1.79. The van der Waals surface area contributed by atoms with Crippen LogP contribution in [-0.2, 0) is 12.8 Å². The maximum atomic E-state index is 4.69. The molecule has 3 rings (SSSR count). The van der Waals surface area contributed by atoms with Crippen molar-refractivity contribution in [1.82, 2.24) is 4.98 Å². The van der Waals surface area contributed by atoms with E-state index in [1.807, 2.05) is 26.4 Å². The minimum absolute atomic E-state index is 0.832. The van der Waals surface area contributed by atoms with Crippen molar-refractivity contribution in [3.63, 3.8) is 0 Å². The molecule has 0 unspecified atom stereocenters. The molecule has 0 spiro atoms. The maximum absolute atomic E-state index is 4.69. The Kier molecular flexibility index (Phi) is 6.14. The normalized spacial score (nSPS) is 10.6. The van der Waals surface area contributed by atoms with Crippen molar-refractivity contribution in [2.45, 2.75) is 26.7 Å². The number of aromatic nitrogens is 2. The molecule has 5 nitrogen and oxygen atoms in total. The molecule has 0 saturated carbocycles. The highest BCUT2D eigenvalue weighted by atomic mass is 15.6. The van der Waals surface area contributed by atoms with E-state index in [1.54, 1.807) is 0 Å². The molecule has 0 atom stereocenters. The lowest BCUT2D eigenvalue weighted by Gasteiger charge is -2.25. The van der Waals surface area contributed by atoms with Crippen LogP contribution < -0.4 is 19.9 Å². The Balaban J connectivity index is 2.03. The van der Waals surface area contributed by atoms with Gasteiger partial charge in [-0.1, -0.05) is 38.1 Å². The van der Waals surface area contributed by atoms with Crippen molar-refractivity contribution in [3.8, 4) is 0 Å². The van der Waals surface area contributed by atoms with Crippen molar-refractivity contribution < 1.29 is 4.68 Å². The fourth-order valence-electron chi connectivity index (χ4n) is 3.25. The average Bonchev–Trinajstić information content (AvgIpc) is 2.77. The molecule has 0 aliphatic heterocycles. The number of aryl methyl sites for hydroxylation is 2. The minimum Gasteiger partial charge on any atom is -0.323 e. The Hall–Kier alpha value is -3.08. The van der Waals surface area contributed by atoms with Gasteiger partial charge in [0.2, 0.25) is 5.82 Å². The predicted octanol–water partition coefficient (Wildman–Crippen LogP) is 4.20. The van der Waals surface area contributed by atoms with E-state index in [2.05, 4.69) is 89.3 Å². The van der Waals surface area contributed by atoms with Gasteiger partial charge < -0.3 is 5.32 Å². The smallest absolute Gasteiger partial charge is 0.323 e. The topological polar surface area (TPSA) is 35.3 Å². The van der Waals surface area contributed by atoms with E-state index in [1.165, 1.54) is 11.1 Å². The molecule has 0 amide bonds. The van der Waals surface area contributed by atoms with E-state index < -0.39 is 0 Å². The highest BCUT2D eigenvalue weighted by Crippen LogP contribution is 2.22. The van der Waals surface area contributed by atoms with E-state index >= 15 is 0 Å². The number of hydrogen-bond acceptors (Lipinski definition) is 4. The molecule has 0 bridgehead atoms. The van der Waals surface area contributed by atoms with Crippen LogP contribution in [0.25, 0.3) is 0 Å². The van der Waals surface area contributed by atoms with E-state index in [0.717, 1.165) is 36.0 Å². The fraction of sp³-hybridized carbons (Fsp3) is 0.304. The highest BCUT2D eigenvalue weighted by molar-refractivity contribution is 5.56. The Bertz CT molecular complexity index is 903. The summed E-state index contributed by atoms with van der Waals surface area (Å²) in [5.41, 5.74) is 4.86. The second-order valence-corrected chi connectivity index (χ2v) is 6.81. The molecule has 146 valence electrons. The molecular weight excluding hydrogens is 346 g/mol. The van der Waals surface area contributed by atoms with Crippen LogP contribution in [0.5, 0.6) is 0 Å². The van der Waals surface area contributed by atoms with Crippen LogP contribution in [0.3, 0.4) is 0 Å². The molecule has 1 N–H and O–H groups in total. The number of nitrogens with zero attached hydrogens (tertiary/aromatic N) is 4. The second kappa shape index (κ2) is 8.74. The summed E-state index contributed by atoms with van der Waals surface area (Å²) < 4.78 is 2.09. The zero-order valence-corrected chi connectivity index (χ0v) is 17.5. The van der Waals surface area contributed by atoms with Crippen molar-refractivity contribution in [2.75, 3.05) is 36.4 Å². The Morgan fingerprint density at radius 3 is 1.86 bits per heavy atom. The highest BCUT2D eigenvalue weighted by Gasteiger charge is 2.24. The lowest BCUT2D eigenvalue weighted by Crippen LogP contribution is -2.56. The van der Waals surface area contributed by atoms with Gasteiger partial charge in [0.05, 0.1) is 17.6 Å². The van der Waals surface area contributed by atoms with Gasteiger partial charge in [0.25, 0.3) is 0 Å². The summed E-state index contributed by atoms with van der Waals surface area (Å²) in [5, 5.41) is 5.40. The van der Waals surface area contributed by atoms with Gasteiger partial charge in [0, 0.05) is 27.2 Å². The van der Waals surface area contributed by atoms with Crippen LogP contribution in [0.15, 0.2) is 60.8 Å². The fourth-order valence-corrected chi connectivity index (χ4v) is 3.25. The van der Waals surface area contributed by atoms with E-state index in [-0.39, 0.29) is 0 Å². The SMILES string of the molecule is CCc1ccc(N(C)c2nccc(NC)[n+]2N(C)c2ccc(CC)cc2)cc1. The number of nitrogens with one attached hydrogen (secondary N) is 1. The number of rotatable bonds is 7. The van der Waals surface area contributed by atoms with Gasteiger partial charge in [-0.3, -0.25) is 4.90 Å². The number of anilines is 4. The molecule has 5 heteroatoms. The largest absolute Gasteiger partial charge is 0.376 e. The molecule has 0 aliphatic carbocycles. The standard InChI is InChI=1S/C23H29N5/c1-6-18-8-12-20(13-9-18)26(4)23-25-17-16-22(24-3)28(23)27(5)21-14-10-19(7-2)11-15-21/h8-17H,6-7H2,1-5H3/p+1. The molecule has 0 radical (unpaired) electrons. The van der Waals surface area contributed by atoms with Crippen molar-refractivity contribution in [3.05, 3.63) is 71.9 Å². The van der Waals surface area contributed by atoms with Crippen LogP contribution in [0, 0.1) is 0 Å². The molecule has 1 heterocycles. The quantitative estimate of drug-likeness (QED) is 0.627. The first-order chi connectivity index (χ1) is 13.6. The van der Waals surface area contributed by atoms with Crippen LogP contribution in [-0.4, -0.2) is 26.1 Å². The third-order valence-corrected chi connectivity index (χ3v) is 5.15. The van der Waals surface area contributed by atoms with Gasteiger partial charge in [0.15, 0.2) is 0 Å². The van der Waals surface area contributed by atoms with Crippen LogP contribution >= 0.6 is 0 Å². The summed E-state index contributed by atoms with van der Waals surface area (Å²) in [6.45, 7) is 4.34. The average molecular weight is 377 g/mol. The predicted molar refractivity (Wildman–Crippen MR) is 117 cm³/mol. The molecule has 1 aromatic heterocycles. The summed E-state index contributed by atoms with van der Waals surface area (Å²) in [4.78, 5) is 6.80. The zero-order chi connectivity index (χ0) is 20.1. The number of hydrogen-bond donors (Lipinski definition) is 1. The second-order valence-electron chi connectivity index (χ2n) is 6.81. The molecule has 2 aromatic carbocycles. The Morgan fingerprint density at radius 1 is 0.821 bits per heavy atom. The molecule has 3 aromatic rings. The van der Waals surface area contributed by atoms with Crippen LogP contribution in [0.1, 0.15) is 25.0 Å². The van der Waals surface area contributed by atoms with Crippen LogP contribution in [0.4, 0.5) is 23.1 Å². The van der Waals surface area contributed by atoms with Gasteiger partial charge in [-0.05, 0) is 48.2 Å². The number of benzene rings is 2. The maximum Gasteiger partial charge on any atom is 0.376 e. The Labute approximate surface area is 168 Å². The third-order valence-electron chi connectivity index (χ3n) is 5.15. The summed E-state index contributed by atoms with van der Waals surface area (Å²) in [6, 6.07) is 19.3. The zero-order valence-electron chi connectivity index (χ0n) is 17.5. The van der Waals surface area contributed by atoms with Gasteiger partial charge in [-0.15, -0.1) is 9.66 Å². The molecule has 28 heavy (non-hydrogen) atoms. The molecular formula is C23H30N5+. The first-order valence-corrected chi connectivity index (χ1v) is 9.83. The first-order valence-electron chi connectivity index (χ1n) is 9.83. The Morgan fingerprint density at radius 2 is 1.36 bits per heavy atom. The van der Waals surface area contributed by atoms with Gasteiger partial charge in [-0.2, -0.15) is 0 Å². The summed E-state index contributed by atoms with van der Waals surface area (Å²) in [7, 11) is 6.04. The van der Waals surface area contributed by atoms with Crippen molar-refractivity contribution in [2.24, 2.45) is 0 Å². The lowest BCUT2D eigenvalue weighted by atomic mass is 10.1. The first kappa shape index (κ1) is 19.7. The van der Waals surface area contributed by atoms with E-state index in [9.17, 15) is 0 Å². The molecule has 0 fully saturated rings. The lowest BCUT2D eigenvalue weighted by molar-refractivity contribution is -0.657. The van der Waals surface area contributed by atoms with Crippen molar-refractivity contribution >= 4 is 23.1 Å². The minimum atomic E-state index is 0.832. The molecule has 0 saturated heterocycles. The summed E-state index contributed by atoms with van der Waals surface area (Å²) >= 11 is 0. The van der Waals surface area contributed by atoms with Gasteiger partial charge >= 0.3 is 5.95 Å². The monoisotopic (exact) mass is 376 g/mol.